The van der Waals surface area contributed by atoms with E-state index in [0.717, 1.165) is 0 Å². The monoisotopic (exact) mass is 253 g/mol. The van der Waals surface area contributed by atoms with Gasteiger partial charge in [0.05, 0.1) is 25.3 Å². The molecule has 0 saturated carbocycles. The number of para-hydroxylation sites is 2. The molecule has 5 nitrogen and oxygen atoms in total. The van der Waals surface area contributed by atoms with Crippen LogP contribution in [0.15, 0.2) is 24.3 Å². The van der Waals surface area contributed by atoms with Crippen LogP contribution in [0.4, 0.5) is 5.69 Å². The van der Waals surface area contributed by atoms with Gasteiger partial charge < -0.3 is 19.9 Å². The maximum Gasteiger partial charge on any atom is 0.309 e. The van der Waals surface area contributed by atoms with E-state index in [0.29, 0.717) is 31.1 Å². The summed E-state index contributed by atoms with van der Waals surface area (Å²) in [5.41, 5.74) is 6.26. The zero-order valence-electron chi connectivity index (χ0n) is 10.6. The molecule has 100 valence electrons. The topological polar surface area (TPSA) is 70.8 Å². The minimum atomic E-state index is -0.277. The van der Waals surface area contributed by atoms with Crippen LogP contribution in [0.5, 0.6) is 5.75 Å². The smallest absolute Gasteiger partial charge is 0.309 e. The van der Waals surface area contributed by atoms with E-state index in [4.69, 9.17) is 19.9 Å². The first-order valence-corrected chi connectivity index (χ1v) is 5.86. The van der Waals surface area contributed by atoms with E-state index in [-0.39, 0.29) is 19.0 Å². The molecule has 0 bridgehead atoms. The normalized spacial score (nSPS) is 10.1. The summed E-state index contributed by atoms with van der Waals surface area (Å²) in [5, 5.41) is 0. The minimum Gasteiger partial charge on any atom is -0.491 e. The van der Waals surface area contributed by atoms with Crippen molar-refractivity contribution in [1.82, 2.24) is 0 Å². The van der Waals surface area contributed by atoms with Crippen LogP contribution in [0.3, 0.4) is 0 Å². The summed E-state index contributed by atoms with van der Waals surface area (Å²) in [6, 6.07) is 7.17. The van der Waals surface area contributed by atoms with Gasteiger partial charge in [-0.3, -0.25) is 4.79 Å². The molecular formula is C13H19NO4. The molecule has 0 radical (unpaired) electrons. The van der Waals surface area contributed by atoms with Gasteiger partial charge >= 0.3 is 5.97 Å². The van der Waals surface area contributed by atoms with Crippen molar-refractivity contribution in [3.63, 3.8) is 0 Å². The molecule has 18 heavy (non-hydrogen) atoms. The molecule has 0 aliphatic carbocycles. The number of methoxy groups -OCH3 is 1. The van der Waals surface area contributed by atoms with Crippen LogP contribution in [0.2, 0.25) is 0 Å². The SMILES string of the molecule is COCCCOC(=O)CCOc1ccccc1N. The standard InChI is InChI=1S/C13H19NO4/c1-16-8-4-9-18-13(15)7-10-17-12-6-3-2-5-11(12)14/h2-3,5-6H,4,7-10,14H2,1H3. The van der Waals surface area contributed by atoms with Crippen LogP contribution in [0.25, 0.3) is 0 Å². The minimum absolute atomic E-state index is 0.210. The van der Waals surface area contributed by atoms with Crippen molar-refractivity contribution in [2.75, 3.05) is 32.7 Å². The van der Waals surface area contributed by atoms with E-state index >= 15 is 0 Å². The molecule has 0 spiro atoms. The summed E-state index contributed by atoms with van der Waals surface area (Å²) >= 11 is 0. The quantitative estimate of drug-likeness (QED) is 0.433. The van der Waals surface area contributed by atoms with E-state index in [9.17, 15) is 4.79 Å². The van der Waals surface area contributed by atoms with Crippen LogP contribution in [-0.4, -0.2) is 32.9 Å². The van der Waals surface area contributed by atoms with Gasteiger partial charge in [-0.25, -0.2) is 0 Å². The molecule has 1 aromatic rings. The predicted octanol–water partition coefficient (Wildman–Crippen LogP) is 1.62. The number of carbonyl (C=O) groups excluding carboxylic acids is 1. The molecule has 2 N–H and O–H groups in total. The lowest BCUT2D eigenvalue weighted by atomic mass is 10.3. The predicted molar refractivity (Wildman–Crippen MR) is 68.4 cm³/mol. The Morgan fingerprint density at radius 2 is 2.00 bits per heavy atom. The summed E-state index contributed by atoms with van der Waals surface area (Å²) in [7, 11) is 1.61. The maximum absolute atomic E-state index is 11.3. The molecule has 0 aliphatic heterocycles. The number of anilines is 1. The third-order valence-electron chi connectivity index (χ3n) is 2.24. The third-order valence-corrected chi connectivity index (χ3v) is 2.24. The molecule has 0 unspecified atom stereocenters. The summed E-state index contributed by atoms with van der Waals surface area (Å²) in [5.74, 6) is 0.310. The molecule has 0 aromatic heterocycles. The zero-order valence-corrected chi connectivity index (χ0v) is 10.6. The molecule has 0 aliphatic rings. The molecular weight excluding hydrogens is 234 g/mol. The largest absolute Gasteiger partial charge is 0.491 e. The highest BCUT2D eigenvalue weighted by Crippen LogP contribution is 2.19. The molecule has 5 heteroatoms. The average Bonchev–Trinajstić information content (AvgIpc) is 2.37. The second kappa shape index (κ2) is 8.36. The first kappa shape index (κ1) is 14.3. The van der Waals surface area contributed by atoms with Gasteiger partial charge in [-0.2, -0.15) is 0 Å². The second-order valence-corrected chi connectivity index (χ2v) is 3.70. The number of nitrogen functional groups attached to an aromatic ring is 1. The van der Waals surface area contributed by atoms with Crippen molar-refractivity contribution in [2.24, 2.45) is 0 Å². The highest BCUT2D eigenvalue weighted by Gasteiger charge is 2.04. The van der Waals surface area contributed by atoms with E-state index in [1.165, 1.54) is 0 Å². The number of benzene rings is 1. The fourth-order valence-electron chi connectivity index (χ4n) is 1.32. The molecule has 0 saturated heterocycles. The summed E-state index contributed by atoms with van der Waals surface area (Å²) in [6.45, 7) is 1.22. The van der Waals surface area contributed by atoms with Gasteiger partial charge in [0.1, 0.15) is 5.75 Å². The van der Waals surface area contributed by atoms with Gasteiger partial charge in [-0.1, -0.05) is 12.1 Å². The highest BCUT2D eigenvalue weighted by molar-refractivity contribution is 5.69. The van der Waals surface area contributed by atoms with Crippen molar-refractivity contribution in [1.29, 1.82) is 0 Å². The number of ether oxygens (including phenoxy) is 3. The Bertz CT molecular complexity index is 368. The maximum atomic E-state index is 11.3. The van der Waals surface area contributed by atoms with Gasteiger partial charge in [0, 0.05) is 20.1 Å². The lowest BCUT2D eigenvalue weighted by Crippen LogP contribution is -2.12. The Labute approximate surface area is 107 Å². The molecule has 1 aromatic carbocycles. The van der Waals surface area contributed by atoms with Gasteiger partial charge in [0.2, 0.25) is 0 Å². The number of hydrogen-bond donors (Lipinski definition) is 1. The Kier molecular flexibility index (Phi) is 6.64. The number of esters is 1. The Balaban J connectivity index is 2.14. The van der Waals surface area contributed by atoms with Gasteiger partial charge in [0.25, 0.3) is 0 Å². The second-order valence-electron chi connectivity index (χ2n) is 3.70. The molecule has 1 rings (SSSR count). The van der Waals surface area contributed by atoms with Crippen LogP contribution in [-0.2, 0) is 14.3 Å². The van der Waals surface area contributed by atoms with Crippen molar-refractivity contribution in [3.05, 3.63) is 24.3 Å². The van der Waals surface area contributed by atoms with E-state index in [1.807, 2.05) is 12.1 Å². The third kappa shape index (κ3) is 5.54. The Hall–Kier alpha value is -1.75. The molecule has 0 amide bonds. The Morgan fingerprint density at radius 3 is 2.72 bits per heavy atom. The fourth-order valence-corrected chi connectivity index (χ4v) is 1.32. The molecule has 0 atom stereocenters. The fraction of sp³-hybridized carbons (Fsp3) is 0.462. The number of hydrogen-bond acceptors (Lipinski definition) is 5. The van der Waals surface area contributed by atoms with Crippen LogP contribution in [0.1, 0.15) is 12.8 Å². The van der Waals surface area contributed by atoms with E-state index < -0.39 is 0 Å². The van der Waals surface area contributed by atoms with Gasteiger partial charge in [0.15, 0.2) is 0 Å². The number of carbonyl (C=O) groups is 1. The van der Waals surface area contributed by atoms with Crippen LogP contribution in [0, 0.1) is 0 Å². The van der Waals surface area contributed by atoms with Crippen molar-refractivity contribution in [2.45, 2.75) is 12.8 Å². The Morgan fingerprint density at radius 1 is 1.22 bits per heavy atom. The first-order valence-electron chi connectivity index (χ1n) is 5.86. The summed E-state index contributed by atoms with van der Waals surface area (Å²) < 4.78 is 15.2. The molecule has 0 fully saturated rings. The van der Waals surface area contributed by atoms with E-state index in [1.54, 1.807) is 19.2 Å². The average molecular weight is 253 g/mol. The van der Waals surface area contributed by atoms with Gasteiger partial charge in [-0.05, 0) is 12.1 Å². The van der Waals surface area contributed by atoms with Crippen molar-refractivity contribution >= 4 is 11.7 Å². The van der Waals surface area contributed by atoms with Crippen molar-refractivity contribution < 1.29 is 19.0 Å². The van der Waals surface area contributed by atoms with Crippen molar-refractivity contribution in [3.8, 4) is 5.75 Å². The lowest BCUT2D eigenvalue weighted by molar-refractivity contribution is -0.144. The summed E-state index contributed by atoms with van der Waals surface area (Å²) in [4.78, 5) is 11.3. The lowest BCUT2D eigenvalue weighted by Gasteiger charge is -2.08. The van der Waals surface area contributed by atoms with Crippen LogP contribution >= 0.6 is 0 Å². The van der Waals surface area contributed by atoms with Gasteiger partial charge in [-0.15, -0.1) is 0 Å². The zero-order chi connectivity index (χ0) is 13.2. The number of rotatable bonds is 8. The highest BCUT2D eigenvalue weighted by atomic mass is 16.5. The number of nitrogens with two attached hydrogens (primary N) is 1. The van der Waals surface area contributed by atoms with E-state index in [2.05, 4.69) is 0 Å². The summed E-state index contributed by atoms with van der Waals surface area (Å²) in [6.07, 6.45) is 0.913. The van der Waals surface area contributed by atoms with Crippen LogP contribution < -0.4 is 10.5 Å². The molecule has 0 heterocycles. The first-order chi connectivity index (χ1) is 8.74.